The average Bonchev–Trinajstić information content (AvgIpc) is 2.93. The first-order valence-electron chi connectivity index (χ1n) is 7.64. The second-order valence-electron chi connectivity index (χ2n) is 6.03. The lowest BCUT2D eigenvalue weighted by Gasteiger charge is -2.17. The summed E-state index contributed by atoms with van der Waals surface area (Å²) in [5.74, 6) is -0.278. The minimum absolute atomic E-state index is 0.188. The van der Waals surface area contributed by atoms with Crippen molar-refractivity contribution < 1.29 is 13.2 Å². The van der Waals surface area contributed by atoms with E-state index in [1.807, 2.05) is 0 Å². The van der Waals surface area contributed by atoms with Crippen molar-refractivity contribution in [1.82, 2.24) is 9.55 Å². The molecule has 0 saturated heterocycles. The molecular formula is C17H17N3O4S2. The Balaban J connectivity index is 2.01. The van der Waals surface area contributed by atoms with Gasteiger partial charge in [-0.3, -0.25) is 9.59 Å². The van der Waals surface area contributed by atoms with Gasteiger partial charge in [-0.1, -0.05) is 0 Å². The summed E-state index contributed by atoms with van der Waals surface area (Å²) in [6.45, 7) is 1.73. The Kier molecular flexibility index (Phi) is 4.45. The molecule has 0 N–H and O–H groups in total. The molecule has 2 aromatic heterocycles. The number of aromatic nitrogens is 2. The number of anilines is 1. The number of nitrogens with zero attached hydrogens (tertiary/aromatic N) is 3. The molecule has 0 saturated carbocycles. The van der Waals surface area contributed by atoms with E-state index in [1.165, 1.54) is 39.3 Å². The van der Waals surface area contributed by atoms with Crippen LogP contribution in [0.4, 0.5) is 5.69 Å². The van der Waals surface area contributed by atoms with Gasteiger partial charge in [-0.15, -0.1) is 11.3 Å². The molecule has 0 spiro atoms. The SMILES string of the molecule is Cc1c(C(=O)N(C)c2ccc(S(C)(=O)=O)cc2)sc2ncn(C)c(=O)c12. The van der Waals surface area contributed by atoms with Crippen molar-refractivity contribution in [2.24, 2.45) is 7.05 Å². The fraction of sp³-hybridized carbons (Fsp3) is 0.235. The third-order valence-electron chi connectivity index (χ3n) is 4.16. The Bertz CT molecular complexity index is 1180. The van der Waals surface area contributed by atoms with Crippen molar-refractivity contribution in [3.05, 3.63) is 51.4 Å². The minimum atomic E-state index is -3.30. The maximum Gasteiger partial charge on any atom is 0.268 e. The summed E-state index contributed by atoms with van der Waals surface area (Å²) in [4.78, 5) is 32.0. The van der Waals surface area contributed by atoms with Gasteiger partial charge in [0, 0.05) is 26.0 Å². The van der Waals surface area contributed by atoms with Crippen LogP contribution in [0.1, 0.15) is 15.2 Å². The van der Waals surface area contributed by atoms with Gasteiger partial charge in [0.05, 0.1) is 21.5 Å². The van der Waals surface area contributed by atoms with Crippen LogP contribution in [-0.4, -0.2) is 37.2 Å². The lowest BCUT2D eigenvalue weighted by atomic mass is 10.2. The number of thiophene rings is 1. The number of hydrogen-bond donors (Lipinski definition) is 0. The third kappa shape index (κ3) is 3.04. The van der Waals surface area contributed by atoms with Crippen molar-refractivity contribution in [2.45, 2.75) is 11.8 Å². The van der Waals surface area contributed by atoms with E-state index in [0.29, 0.717) is 26.3 Å². The summed E-state index contributed by atoms with van der Waals surface area (Å²) in [5.41, 5.74) is 0.964. The molecule has 0 aliphatic rings. The zero-order chi connectivity index (χ0) is 19.2. The molecule has 0 unspecified atom stereocenters. The van der Waals surface area contributed by atoms with Crippen LogP contribution in [0.5, 0.6) is 0 Å². The fourth-order valence-corrected chi connectivity index (χ4v) is 4.34. The molecule has 0 aliphatic carbocycles. The topological polar surface area (TPSA) is 89.3 Å². The van der Waals surface area contributed by atoms with Gasteiger partial charge in [-0.25, -0.2) is 13.4 Å². The minimum Gasteiger partial charge on any atom is -0.311 e. The Labute approximate surface area is 154 Å². The van der Waals surface area contributed by atoms with Crippen molar-refractivity contribution in [1.29, 1.82) is 0 Å². The van der Waals surface area contributed by atoms with E-state index in [0.717, 1.165) is 6.26 Å². The van der Waals surface area contributed by atoms with Gasteiger partial charge >= 0.3 is 0 Å². The molecule has 9 heteroatoms. The Morgan fingerprint density at radius 1 is 1.23 bits per heavy atom. The van der Waals surface area contributed by atoms with E-state index in [9.17, 15) is 18.0 Å². The molecule has 0 atom stereocenters. The highest BCUT2D eigenvalue weighted by Crippen LogP contribution is 2.29. The molecule has 1 aromatic carbocycles. The molecule has 0 aliphatic heterocycles. The number of carbonyl (C=O) groups is 1. The molecule has 3 aromatic rings. The molecule has 0 bridgehead atoms. The van der Waals surface area contributed by atoms with Crippen molar-refractivity contribution in [3.8, 4) is 0 Å². The van der Waals surface area contributed by atoms with Crippen molar-refractivity contribution >= 4 is 43.0 Å². The van der Waals surface area contributed by atoms with Crippen LogP contribution in [0.25, 0.3) is 10.2 Å². The van der Waals surface area contributed by atoms with Gasteiger partial charge in [-0.2, -0.15) is 0 Å². The maximum atomic E-state index is 12.9. The summed E-state index contributed by atoms with van der Waals surface area (Å²) in [5, 5.41) is 0.448. The molecule has 7 nitrogen and oxygen atoms in total. The van der Waals surface area contributed by atoms with Gasteiger partial charge < -0.3 is 9.47 Å². The summed E-state index contributed by atoms with van der Waals surface area (Å²) < 4.78 is 24.5. The predicted octanol–water partition coefficient (Wildman–Crippen LogP) is 1.98. The van der Waals surface area contributed by atoms with Crippen LogP contribution >= 0.6 is 11.3 Å². The molecule has 3 rings (SSSR count). The largest absolute Gasteiger partial charge is 0.311 e. The van der Waals surface area contributed by atoms with Gasteiger partial charge in [0.25, 0.3) is 11.5 Å². The summed E-state index contributed by atoms with van der Waals surface area (Å²) in [6, 6.07) is 6.08. The molecule has 136 valence electrons. The number of rotatable bonds is 3. The first-order chi connectivity index (χ1) is 12.1. The lowest BCUT2D eigenvalue weighted by molar-refractivity contribution is 0.0996. The van der Waals surface area contributed by atoms with E-state index in [2.05, 4.69) is 4.98 Å². The van der Waals surface area contributed by atoms with E-state index in [-0.39, 0.29) is 16.4 Å². The van der Waals surface area contributed by atoms with Crippen molar-refractivity contribution in [2.75, 3.05) is 18.2 Å². The second-order valence-corrected chi connectivity index (χ2v) is 9.04. The zero-order valence-corrected chi connectivity index (χ0v) is 16.3. The number of benzene rings is 1. The number of fused-ring (bicyclic) bond motifs is 1. The average molecular weight is 391 g/mol. The Morgan fingerprint density at radius 2 is 1.85 bits per heavy atom. The quantitative estimate of drug-likeness (QED) is 0.681. The van der Waals surface area contributed by atoms with Crippen LogP contribution < -0.4 is 10.5 Å². The van der Waals surface area contributed by atoms with E-state index < -0.39 is 9.84 Å². The zero-order valence-electron chi connectivity index (χ0n) is 14.7. The van der Waals surface area contributed by atoms with Crippen LogP contribution in [0.15, 0.2) is 40.3 Å². The first-order valence-corrected chi connectivity index (χ1v) is 10.3. The first kappa shape index (κ1) is 18.3. The van der Waals surface area contributed by atoms with Crippen LogP contribution in [0, 0.1) is 6.92 Å². The Morgan fingerprint density at radius 3 is 2.42 bits per heavy atom. The van der Waals surface area contributed by atoms with E-state index in [4.69, 9.17) is 0 Å². The lowest BCUT2D eigenvalue weighted by Crippen LogP contribution is -2.26. The van der Waals surface area contributed by atoms with Crippen LogP contribution in [0.2, 0.25) is 0 Å². The molecule has 0 radical (unpaired) electrons. The maximum absolute atomic E-state index is 12.9. The predicted molar refractivity (Wildman–Crippen MR) is 102 cm³/mol. The van der Waals surface area contributed by atoms with E-state index in [1.54, 1.807) is 33.2 Å². The van der Waals surface area contributed by atoms with Gasteiger partial charge in [-0.05, 0) is 36.8 Å². The fourth-order valence-electron chi connectivity index (χ4n) is 2.60. The molecule has 26 heavy (non-hydrogen) atoms. The van der Waals surface area contributed by atoms with E-state index >= 15 is 0 Å². The van der Waals surface area contributed by atoms with Gasteiger partial charge in [0.2, 0.25) is 0 Å². The number of hydrogen-bond acceptors (Lipinski definition) is 6. The monoisotopic (exact) mass is 391 g/mol. The number of carbonyl (C=O) groups excluding carboxylic acids is 1. The summed E-state index contributed by atoms with van der Waals surface area (Å²) >= 11 is 1.17. The Hall–Kier alpha value is -2.52. The third-order valence-corrected chi connectivity index (χ3v) is 6.48. The number of amides is 1. The normalized spacial score (nSPS) is 11.7. The molecule has 0 fully saturated rings. The van der Waals surface area contributed by atoms with Crippen LogP contribution in [-0.2, 0) is 16.9 Å². The standard InChI is InChI=1S/C17H17N3O4S2/c1-10-13-15(18-9-19(2)16(13)21)25-14(10)17(22)20(3)11-5-7-12(8-6-11)26(4,23)24/h5-9H,1-4H3. The number of sulfone groups is 1. The van der Waals surface area contributed by atoms with Crippen LogP contribution in [0.3, 0.4) is 0 Å². The number of aryl methyl sites for hydroxylation is 2. The highest BCUT2D eigenvalue weighted by Gasteiger charge is 2.22. The summed E-state index contributed by atoms with van der Waals surface area (Å²) in [7, 11) is -0.0791. The van der Waals surface area contributed by atoms with Crippen molar-refractivity contribution in [3.63, 3.8) is 0 Å². The second kappa shape index (κ2) is 6.33. The van der Waals surface area contributed by atoms with Gasteiger partial charge in [0.15, 0.2) is 9.84 Å². The summed E-state index contributed by atoms with van der Waals surface area (Å²) in [6.07, 6.45) is 2.56. The molecular weight excluding hydrogens is 374 g/mol. The molecule has 1 amide bonds. The smallest absolute Gasteiger partial charge is 0.268 e. The molecule has 2 heterocycles. The highest BCUT2D eigenvalue weighted by atomic mass is 32.2. The van der Waals surface area contributed by atoms with Gasteiger partial charge in [0.1, 0.15) is 4.83 Å². The highest BCUT2D eigenvalue weighted by molar-refractivity contribution is 7.90.